The standard InChI is InChI=1S/C28H32ClN3O4/c1-28(2,3)36-27(35)32-14-12-18(13-15-32)17-31(4)26(34)20-10-8-19(9-11-20)24-16-22-21(25(33)30-24)6-5-7-23(22)29/h5-11,16,18H,12-15,17H2,1-4H3,(H,30,33). The van der Waals surface area contributed by atoms with E-state index in [0.29, 0.717) is 52.6 Å². The van der Waals surface area contributed by atoms with Crippen molar-refractivity contribution in [3.8, 4) is 11.3 Å². The first-order chi connectivity index (χ1) is 17.0. The number of nitrogens with zero attached hydrogens (tertiary/aromatic N) is 2. The fourth-order valence-electron chi connectivity index (χ4n) is 4.51. The predicted octanol–water partition coefficient (Wildman–Crippen LogP) is 5.57. The molecule has 0 saturated carbocycles. The number of nitrogens with one attached hydrogen (secondary N) is 1. The van der Waals surface area contributed by atoms with Crippen molar-refractivity contribution in [2.24, 2.45) is 5.92 Å². The third kappa shape index (κ3) is 5.90. The van der Waals surface area contributed by atoms with Gasteiger partial charge in [0, 0.05) is 53.7 Å². The molecule has 2 heterocycles. The van der Waals surface area contributed by atoms with Crippen LogP contribution in [0.5, 0.6) is 0 Å². The Morgan fingerprint density at radius 2 is 1.75 bits per heavy atom. The van der Waals surface area contributed by atoms with E-state index < -0.39 is 5.60 Å². The second-order valence-corrected chi connectivity index (χ2v) is 10.8. The lowest BCUT2D eigenvalue weighted by molar-refractivity contribution is 0.0171. The van der Waals surface area contributed by atoms with Crippen molar-refractivity contribution in [3.05, 3.63) is 69.5 Å². The summed E-state index contributed by atoms with van der Waals surface area (Å²) in [6.07, 6.45) is 1.38. The lowest BCUT2D eigenvalue weighted by atomic mass is 9.96. The number of carbonyl (C=O) groups excluding carboxylic acids is 2. The first-order valence-corrected chi connectivity index (χ1v) is 12.5. The molecule has 1 fully saturated rings. The Labute approximate surface area is 216 Å². The van der Waals surface area contributed by atoms with Crippen molar-refractivity contribution in [3.63, 3.8) is 0 Å². The molecule has 0 atom stereocenters. The Bertz CT molecular complexity index is 1320. The van der Waals surface area contributed by atoms with Gasteiger partial charge in [0.2, 0.25) is 0 Å². The minimum absolute atomic E-state index is 0.0637. The number of halogens is 1. The molecule has 1 aliphatic rings. The quantitative estimate of drug-likeness (QED) is 0.498. The molecule has 1 N–H and O–H groups in total. The maximum absolute atomic E-state index is 13.0. The van der Waals surface area contributed by atoms with Gasteiger partial charge < -0.3 is 19.5 Å². The highest BCUT2D eigenvalue weighted by Gasteiger charge is 2.28. The normalized spacial score (nSPS) is 14.6. The van der Waals surface area contributed by atoms with E-state index >= 15 is 0 Å². The summed E-state index contributed by atoms with van der Waals surface area (Å²) in [6.45, 7) is 7.47. The average Bonchev–Trinajstić information content (AvgIpc) is 2.83. The topological polar surface area (TPSA) is 82.7 Å². The van der Waals surface area contributed by atoms with E-state index in [4.69, 9.17) is 16.3 Å². The number of fused-ring (bicyclic) bond motifs is 1. The number of likely N-dealkylation sites (tertiary alicyclic amines) is 1. The molecule has 2 amide bonds. The summed E-state index contributed by atoms with van der Waals surface area (Å²) in [5, 5.41) is 1.75. The molecule has 4 rings (SSSR count). The van der Waals surface area contributed by atoms with Crippen LogP contribution in [0.15, 0.2) is 53.3 Å². The lowest BCUT2D eigenvalue weighted by Gasteiger charge is -2.34. The number of aromatic nitrogens is 1. The number of pyridine rings is 1. The fourth-order valence-corrected chi connectivity index (χ4v) is 4.74. The second kappa shape index (κ2) is 10.3. The Morgan fingerprint density at radius 1 is 1.08 bits per heavy atom. The number of H-pyrrole nitrogens is 1. The molecule has 36 heavy (non-hydrogen) atoms. The SMILES string of the molecule is CN(CC1CCN(C(=O)OC(C)(C)C)CC1)C(=O)c1ccc(-c2cc3c(Cl)cccc3c(=O)[nH]2)cc1. The highest BCUT2D eigenvalue weighted by Crippen LogP contribution is 2.26. The average molecular weight is 510 g/mol. The van der Waals surface area contributed by atoms with Gasteiger partial charge in [0.25, 0.3) is 11.5 Å². The highest BCUT2D eigenvalue weighted by atomic mass is 35.5. The van der Waals surface area contributed by atoms with Gasteiger partial charge in [0.05, 0.1) is 0 Å². The van der Waals surface area contributed by atoms with E-state index in [1.165, 1.54) is 0 Å². The van der Waals surface area contributed by atoms with Crippen molar-refractivity contribution in [2.75, 3.05) is 26.7 Å². The zero-order chi connectivity index (χ0) is 26.0. The summed E-state index contributed by atoms with van der Waals surface area (Å²) in [7, 11) is 1.80. The van der Waals surface area contributed by atoms with Crippen LogP contribution in [0.25, 0.3) is 22.0 Å². The van der Waals surface area contributed by atoms with Gasteiger partial charge in [0.15, 0.2) is 0 Å². The predicted molar refractivity (Wildman–Crippen MR) is 143 cm³/mol. The van der Waals surface area contributed by atoms with Crippen molar-refractivity contribution in [1.82, 2.24) is 14.8 Å². The van der Waals surface area contributed by atoms with Gasteiger partial charge >= 0.3 is 6.09 Å². The fraction of sp³-hybridized carbons (Fsp3) is 0.393. The largest absolute Gasteiger partial charge is 0.444 e. The molecule has 1 saturated heterocycles. The summed E-state index contributed by atoms with van der Waals surface area (Å²) in [5.41, 5.74) is 1.30. The van der Waals surface area contributed by atoms with Gasteiger partial charge in [-0.2, -0.15) is 0 Å². The van der Waals surface area contributed by atoms with Crippen LogP contribution in [0.2, 0.25) is 5.02 Å². The van der Waals surface area contributed by atoms with Crippen molar-refractivity contribution < 1.29 is 14.3 Å². The Balaban J connectivity index is 1.37. The van der Waals surface area contributed by atoms with Crippen LogP contribution in [-0.4, -0.2) is 59.1 Å². The molecule has 8 heteroatoms. The monoisotopic (exact) mass is 509 g/mol. The first kappa shape index (κ1) is 25.8. The van der Waals surface area contributed by atoms with Crippen molar-refractivity contribution in [1.29, 1.82) is 0 Å². The van der Waals surface area contributed by atoms with Gasteiger partial charge in [-0.15, -0.1) is 0 Å². The van der Waals surface area contributed by atoms with Crippen LogP contribution in [0.4, 0.5) is 4.79 Å². The van der Waals surface area contributed by atoms with Crippen LogP contribution in [0, 0.1) is 5.92 Å². The maximum Gasteiger partial charge on any atom is 0.410 e. The van der Waals surface area contributed by atoms with Crippen LogP contribution in [0.3, 0.4) is 0 Å². The van der Waals surface area contributed by atoms with Crippen LogP contribution in [0.1, 0.15) is 44.0 Å². The van der Waals surface area contributed by atoms with E-state index in [9.17, 15) is 14.4 Å². The van der Waals surface area contributed by atoms with E-state index in [1.54, 1.807) is 47.2 Å². The zero-order valence-electron chi connectivity index (χ0n) is 21.1. The molecule has 0 radical (unpaired) electrons. The molecule has 1 aromatic heterocycles. The van der Waals surface area contributed by atoms with Gasteiger partial charge in [-0.05, 0) is 75.4 Å². The lowest BCUT2D eigenvalue weighted by Crippen LogP contribution is -2.44. The molecule has 190 valence electrons. The number of hydrogen-bond donors (Lipinski definition) is 1. The molecule has 0 unspecified atom stereocenters. The third-order valence-electron chi connectivity index (χ3n) is 6.42. The van der Waals surface area contributed by atoms with E-state index in [1.807, 2.05) is 39.0 Å². The molecule has 3 aromatic rings. The van der Waals surface area contributed by atoms with Gasteiger partial charge in [-0.25, -0.2) is 4.79 Å². The van der Waals surface area contributed by atoms with E-state index in [-0.39, 0.29) is 17.6 Å². The number of amides is 2. The Morgan fingerprint density at radius 3 is 2.39 bits per heavy atom. The van der Waals surface area contributed by atoms with Crippen LogP contribution < -0.4 is 5.56 Å². The summed E-state index contributed by atoms with van der Waals surface area (Å²) >= 11 is 6.29. The number of carbonyl (C=O) groups is 2. The first-order valence-electron chi connectivity index (χ1n) is 12.2. The number of benzene rings is 2. The number of piperidine rings is 1. The minimum Gasteiger partial charge on any atom is -0.444 e. The molecule has 0 bridgehead atoms. The number of aromatic amines is 1. The summed E-state index contributed by atoms with van der Waals surface area (Å²) in [5.74, 6) is 0.260. The molecule has 2 aromatic carbocycles. The molecule has 7 nitrogen and oxygen atoms in total. The molecule has 0 aliphatic carbocycles. The second-order valence-electron chi connectivity index (χ2n) is 10.4. The zero-order valence-corrected chi connectivity index (χ0v) is 21.9. The van der Waals surface area contributed by atoms with Crippen molar-refractivity contribution in [2.45, 2.75) is 39.2 Å². The number of hydrogen-bond acceptors (Lipinski definition) is 4. The number of ether oxygens (including phenoxy) is 1. The molecular formula is C28H32ClN3O4. The van der Waals surface area contributed by atoms with Gasteiger partial charge in [-0.3, -0.25) is 9.59 Å². The summed E-state index contributed by atoms with van der Waals surface area (Å²) < 4.78 is 5.46. The molecule has 0 spiro atoms. The maximum atomic E-state index is 13.0. The van der Waals surface area contributed by atoms with E-state index in [0.717, 1.165) is 18.4 Å². The molecular weight excluding hydrogens is 478 g/mol. The van der Waals surface area contributed by atoms with Crippen molar-refractivity contribution >= 4 is 34.4 Å². The van der Waals surface area contributed by atoms with E-state index in [2.05, 4.69) is 4.98 Å². The van der Waals surface area contributed by atoms with Crippen LogP contribution in [-0.2, 0) is 4.74 Å². The van der Waals surface area contributed by atoms with Gasteiger partial charge in [0.1, 0.15) is 5.60 Å². The summed E-state index contributed by atoms with van der Waals surface area (Å²) in [4.78, 5) is 44.2. The third-order valence-corrected chi connectivity index (χ3v) is 6.75. The molecule has 1 aliphatic heterocycles. The summed E-state index contributed by atoms with van der Waals surface area (Å²) in [6, 6.07) is 14.3. The Kier molecular flexibility index (Phi) is 7.41. The van der Waals surface area contributed by atoms with Gasteiger partial charge in [-0.1, -0.05) is 29.8 Å². The van der Waals surface area contributed by atoms with Crippen LogP contribution >= 0.6 is 11.6 Å². The highest BCUT2D eigenvalue weighted by molar-refractivity contribution is 6.35. The minimum atomic E-state index is -0.507. The smallest absolute Gasteiger partial charge is 0.410 e. The number of rotatable bonds is 4. The Hall–Kier alpha value is -3.32.